The molecule has 1 aliphatic heterocycles. The molecule has 3 aromatic rings. The van der Waals surface area contributed by atoms with E-state index >= 15 is 0 Å². The lowest BCUT2D eigenvalue weighted by Crippen LogP contribution is -2.42. The lowest BCUT2D eigenvalue weighted by atomic mass is 9.78. The van der Waals surface area contributed by atoms with Crippen LogP contribution in [0, 0.1) is 11.8 Å². The first kappa shape index (κ1) is 25.4. The smallest absolute Gasteiger partial charge is 0.338 e. The second kappa shape index (κ2) is 11.0. The largest absolute Gasteiger partial charge is 0.493 e. The summed E-state index contributed by atoms with van der Waals surface area (Å²) in [5, 5.41) is 1.30. The topological polar surface area (TPSA) is 82.3 Å². The molecule has 198 valence electrons. The van der Waals surface area contributed by atoms with E-state index in [9.17, 15) is 4.79 Å². The van der Waals surface area contributed by atoms with Gasteiger partial charge in [-0.1, -0.05) is 18.2 Å². The van der Waals surface area contributed by atoms with Crippen molar-refractivity contribution < 1.29 is 28.5 Å². The van der Waals surface area contributed by atoms with Crippen molar-refractivity contribution in [3.8, 4) is 17.2 Å². The van der Waals surface area contributed by atoms with Crippen molar-refractivity contribution in [2.75, 3.05) is 48.1 Å². The van der Waals surface area contributed by atoms with Gasteiger partial charge in [-0.25, -0.2) is 4.79 Å². The SMILES string of the molecule is COc1cc(C(=O)O[C@H]2C[C@@H]3CN(CCc4c[nH]c5ccccc45)C[C@@H]3C[C@@H]2OC)cc(OC)c1OC. The minimum atomic E-state index is -0.418. The molecular formula is C29H36N2O6. The average Bonchev–Trinajstić information content (AvgIpc) is 3.53. The number of rotatable bonds is 9. The van der Waals surface area contributed by atoms with Crippen LogP contribution in [0.5, 0.6) is 17.2 Å². The van der Waals surface area contributed by atoms with Gasteiger partial charge in [0, 0.05) is 43.8 Å². The molecule has 0 bridgehead atoms. The fourth-order valence-corrected chi connectivity index (χ4v) is 6.05. The summed E-state index contributed by atoms with van der Waals surface area (Å²) in [7, 11) is 6.29. The van der Waals surface area contributed by atoms with Crippen LogP contribution in [0.4, 0.5) is 0 Å². The molecule has 4 atom stereocenters. The van der Waals surface area contributed by atoms with E-state index in [-0.39, 0.29) is 12.2 Å². The monoisotopic (exact) mass is 508 g/mol. The molecule has 1 aliphatic carbocycles. The van der Waals surface area contributed by atoms with Crippen LogP contribution in [0.25, 0.3) is 10.9 Å². The summed E-state index contributed by atoms with van der Waals surface area (Å²) >= 11 is 0. The Morgan fingerprint density at radius 3 is 2.27 bits per heavy atom. The van der Waals surface area contributed by atoms with Crippen LogP contribution in [0.2, 0.25) is 0 Å². The number of hydrogen-bond acceptors (Lipinski definition) is 7. The number of hydrogen-bond donors (Lipinski definition) is 1. The summed E-state index contributed by atoms with van der Waals surface area (Å²) in [6.45, 7) is 3.09. The van der Waals surface area contributed by atoms with E-state index in [0.717, 1.165) is 38.9 Å². The van der Waals surface area contributed by atoms with Crippen LogP contribution in [-0.2, 0) is 15.9 Å². The van der Waals surface area contributed by atoms with Crippen molar-refractivity contribution in [1.82, 2.24) is 9.88 Å². The van der Waals surface area contributed by atoms with Crippen molar-refractivity contribution >= 4 is 16.9 Å². The number of aromatic nitrogens is 1. The maximum atomic E-state index is 13.2. The number of esters is 1. The molecule has 2 fully saturated rings. The highest BCUT2D eigenvalue weighted by Crippen LogP contribution is 2.41. The molecule has 8 heteroatoms. The number of nitrogens with zero attached hydrogens (tertiary/aromatic N) is 1. The molecule has 1 aromatic heterocycles. The van der Waals surface area contributed by atoms with Crippen LogP contribution in [0.3, 0.4) is 0 Å². The number of ether oxygens (including phenoxy) is 5. The molecule has 2 aliphatic rings. The van der Waals surface area contributed by atoms with Gasteiger partial charge < -0.3 is 33.6 Å². The number of para-hydroxylation sites is 1. The Kier molecular flexibility index (Phi) is 7.58. The number of fused-ring (bicyclic) bond motifs is 2. The standard InChI is InChI=1S/C29H36N2O6/c1-33-24-13-20-16-31(10-9-18-15-30-23-8-6-5-7-22(18)23)17-21(20)14-25(24)37-29(32)19-11-26(34-2)28(36-4)27(12-19)35-3/h5-8,11-12,15,20-21,24-25,30H,9-10,13-14,16-17H2,1-4H3/t20-,21+,24-,25-/m0/s1. The molecule has 0 unspecified atom stereocenters. The Morgan fingerprint density at radius 1 is 0.946 bits per heavy atom. The molecule has 0 amide bonds. The van der Waals surface area contributed by atoms with E-state index in [1.165, 1.54) is 37.8 Å². The van der Waals surface area contributed by atoms with Gasteiger partial charge in [0.25, 0.3) is 0 Å². The molecule has 0 spiro atoms. The third-order valence-corrected chi connectivity index (χ3v) is 7.97. The van der Waals surface area contributed by atoms with E-state index in [1.807, 2.05) is 0 Å². The molecule has 2 aromatic carbocycles. The summed E-state index contributed by atoms with van der Waals surface area (Å²) < 4.78 is 28.0. The molecule has 37 heavy (non-hydrogen) atoms. The number of likely N-dealkylation sites (tertiary alicyclic amines) is 1. The van der Waals surface area contributed by atoms with E-state index in [1.54, 1.807) is 19.2 Å². The zero-order chi connectivity index (χ0) is 25.9. The lowest BCUT2D eigenvalue weighted by molar-refractivity contribution is -0.0732. The Hall–Kier alpha value is -3.23. The van der Waals surface area contributed by atoms with Crippen molar-refractivity contribution in [3.05, 3.63) is 53.7 Å². The first-order valence-electron chi connectivity index (χ1n) is 12.9. The third kappa shape index (κ3) is 5.13. The highest BCUT2D eigenvalue weighted by molar-refractivity contribution is 5.91. The van der Waals surface area contributed by atoms with Gasteiger partial charge in [0.2, 0.25) is 5.75 Å². The Labute approximate surface area is 217 Å². The summed E-state index contributed by atoms with van der Waals surface area (Å²) in [6, 6.07) is 11.7. The van der Waals surface area contributed by atoms with Gasteiger partial charge in [0.15, 0.2) is 11.5 Å². The Balaban J connectivity index is 1.23. The molecule has 1 saturated heterocycles. The molecule has 0 radical (unpaired) electrons. The number of methoxy groups -OCH3 is 4. The van der Waals surface area contributed by atoms with E-state index < -0.39 is 5.97 Å². The zero-order valence-corrected chi connectivity index (χ0v) is 22.0. The highest BCUT2D eigenvalue weighted by atomic mass is 16.6. The number of carbonyl (C=O) groups is 1. The van der Waals surface area contributed by atoms with E-state index in [0.29, 0.717) is 34.6 Å². The molecular weight excluding hydrogens is 472 g/mol. The molecule has 1 N–H and O–H groups in total. The van der Waals surface area contributed by atoms with Crippen molar-refractivity contribution in [2.24, 2.45) is 11.8 Å². The third-order valence-electron chi connectivity index (χ3n) is 7.97. The van der Waals surface area contributed by atoms with Crippen molar-refractivity contribution in [3.63, 3.8) is 0 Å². The van der Waals surface area contributed by atoms with Gasteiger partial charge >= 0.3 is 5.97 Å². The fourth-order valence-electron chi connectivity index (χ4n) is 6.05. The van der Waals surface area contributed by atoms with E-state index in [2.05, 4.69) is 40.3 Å². The highest BCUT2D eigenvalue weighted by Gasteiger charge is 2.44. The van der Waals surface area contributed by atoms with Crippen LogP contribution >= 0.6 is 0 Å². The number of H-pyrrole nitrogens is 1. The second-order valence-electron chi connectivity index (χ2n) is 9.99. The number of benzene rings is 2. The summed E-state index contributed by atoms with van der Waals surface area (Å²) in [5.41, 5.74) is 2.91. The summed E-state index contributed by atoms with van der Waals surface area (Å²) in [6.07, 6.45) is 4.40. The molecule has 2 heterocycles. The molecule has 5 rings (SSSR count). The second-order valence-corrected chi connectivity index (χ2v) is 9.99. The van der Waals surface area contributed by atoms with Gasteiger partial charge in [-0.15, -0.1) is 0 Å². The zero-order valence-electron chi connectivity index (χ0n) is 22.0. The van der Waals surface area contributed by atoms with Gasteiger partial charge in [-0.05, 0) is 54.9 Å². The van der Waals surface area contributed by atoms with E-state index in [4.69, 9.17) is 23.7 Å². The van der Waals surface area contributed by atoms with Crippen LogP contribution in [0.15, 0.2) is 42.6 Å². The van der Waals surface area contributed by atoms with Gasteiger partial charge in [-0.3, -0.25) is 0 Å². The maximum Gasteiger partial charge on any atom is 0.338 e. The van der Waals surface area contributed by atoms with Gasteiger partial charge in [-0.2, -0.15) is 0 Å². The first-order chi connectivity index (χ1) is 18.0. The Morgan fingerprint density at radius 2 is 1.62 bits per heavy atom. The summed E-state index contributed by atoms with van der Waals surface area (Å²) in [5.74, 6) is 1.88. The lowest BCUT2D eigenvalue weighted by Gasteiger charge is -2.36. The number of nitrogens with one attached hydrogen (secondary N) is 1. The number of aromatic amines is 1. The minimum absolute atomic E-state index is 0.124. The quantitative estimate of drug-likeness (QED) is 0.431. The minimum Gasteiger partial charge on any atom is -0.493 e. The normalized spacial score (nSPS) is 23.6. The van der Waals surface area contributed by atoms with Gasteiger partial charge in [0.05, 0.1) is 33.0 Å². The Bertz CT molecular complexity index is 1220. The van der Waals surface area contributed by atoms with Crippen molar-refractivity contribution in [1.29, 1.82) is 0 Å². The predicted octanol–water partition coefficient (Wildman–Crippen LogP) is 4.32. The molecule has 8 nitrogen and oxygen atoms in total. The van der Waals surface area contributed by atoms with Crippen LogP contribution < -0.4 is 14.2 Å². The predicted molar refractivity (Wildman–Crippen MR) is 141 cm³/mol. The van der Waals surface area contributed by atoms with Crippen LogP contribution in [0.1, 0.15) is 28.8 Å². The summed E-state index contributed by atoms with van der Waals surface area (Å²) in [4.78, 5) is 19.1. The number of carbonyl (C=O) groups excluding carboxylic acids is 1. The first-order valence-corrected chi connectivity index (χ1v) is 12.9. The fraction of sp³-hybridized carbons (Fsp3) is 0.483. The average molecular weight is 509 g/mol. The molecule has 1 saturated carbocycles. The van der Waals surface area contributed by atoms with Crippen LogP contribution in [-0.4, -0.2) is 76.1 Å². The maximum absolute atomic E-state index is 13.2. The van der Waals surface area contributed by atoms with Crippen molar-refractivity contribution in [2.45, 2.75) is 31.5 Å². The van der Waals surface area contributed by atoms with Gasteiger partial charge in [0.1, 0.15) is 6.10 Å².